The molecule has 0 radical (unpaired) electrons. The Morgan fingerprint density at radius 1 is 1.03 bits per heavy atom. The Hall–Kier alpha value is -5.50. The number of nitriles is 1. The van der Waals surface area contributed by atoms with E-state index in [4.69, 9.17) is 17.5 Å². The first-order valence-electron chi connectivity index (χ1n) is 19.6. The van der Waals surface area contributed by atoms with Gasteiger partial charge in [-0.2, -0.15) is 18.4 Å². The fraction of sp³-hybridized carbons (Fsp3) is 0.400. The number of rotatable bonds is 9. The zero-order valence-corrected chi connectivity index (χ0v) is 36.9. The number of nitrogens with one attached hydrogen (secondary N) is 1. The number of ketones is 1. The summed E-state index contributed by atoms with van der Waals surface area (Å²) < 4.78 is 40.0. The van der Waals surface area contributed by atoms with Gasteiger partial charge >= 0.3 is 6.18 Å². The van der Waals surface area contributed by atoms with Crippen LogP contribution in [0.3, 0.4) is 0 Å². The molecule has 2 aliphatic rings. The molecule has 3 aromatic carbocycles. The number of carbonyl (C=O) groups is 4. The van der Waals surface area contributed by atoms with Crippen molar-refractivity contribution < 1.29 is 37.5 Å². The molecular formula is C45H49F3N6O5S2. The third kappa shape index (κ3) is 10.3. The Kier molecular flexibility index (Phi) is 13.9. The lowest BCUT2D eigenvalue weighted by atomic mass is 9.85. The second-order valence-electron chi connectivity index (χ2n) is 16.8. The van der Waals surface area contributed by atoms with Crippen LogP contribution in [0.4, 0.5) is 24.5 Å². The maximum absolute atomic E-state index is 13.3. The van der Waals surface area contributed by atoms with E-state index in [2.05, 4.69) is 10.3 Å². The zero-order chi connectivity index (χ0) is 45.2. The smallest absolute Gasteiger partial charge is 0.391 e. The molecule has 0 spiro atoms. The van der Waals surface area contributed by atoms with Crippen molar-refractivity contribution in [3.05, 3.63) is 100 Å². The monoisotopic (exact) mass is 874 g/mol. The summed E-state index contributed by atoms with van der Waals surface area (Å²) >= 11 is 7.07. The number of anilines is 2. The second-order valence-corrected chi connectivity index (χ2v) is 18.0. The highest BCUT2D eigenvalue weighted by atomic mass is 32.1. The summed E-state index contributed by atoms with van der Waals surface area (Å²) in [5.74, 6) is -1.14. The van der Waals surface area contributed by atoms with E-state index in [1.54, 1.807) is 42.2 Å². The van der Waals surface area contributed by atoms with Gasteiger partial charge in [0.05, 0.1) is 51.1 Å². The van der Waals surface area contributed by atoms with Gasteiger partial charge in [0.2, 0.25) is 11.8 Å². The molecule has 61 heavy (non-hydrogen) atoms. The molecule has 2 saturated heterocycles. The number of alkyl halides is 3. The predicted octanol–water partition coefficient (Wildman–Crippen LogP) is 7.94. The predicted molar refractivity (Wildman–Crippen MR) is 233 cm³/mol. The van der Waals surface area contributed by atoms with E-state index in [0.717, 1.165) is 44.3 Å². The molecular weight excluding hydrogens is 826 g/mol. The Morgan fingerprint density at radius 2 is 1.66 bits per heavy atom. The minimum atomic E-state index is -4.72. The van der Waals surface area contributed by atoms with Gasteiger partial charge in [0.1, 0.15) is 11.6 Å². The van der Waals surface area contributed by atoms with Gasteiger partial charge in [0.15, 0.2) is 10.9 Å². The maximum Gasteiger partial charge on any atom is 0.417 e. The third-order valence-electron chi connectivity index (χ3n) is 10.7. The van der Waals surface area contributed by atoms with E-state index in [9.17, 15) is 37.5 Å². The molecule has 322 valence electrons. The van der Waals surface area contributed by atoms with Gasteiger partial charge in [-0.15, -0.1) is 11.3 Å². The Labute approximate surface area is 363 Å². The van der Waals surface area contributed by atoms with Crippen molar-refractivity contribution in [2.24, 2.45) is 5.41 Å². The number of hydrogen-bond donors (Lipinski definition) is 2. The molecule has 2 aliphatic heterocycles. The number of aliphatic hydroxyl groups is 1. The summed E-state index contributed by atoms with van der Waals surface area (Å²) in [7, 11) is 0. The fourth-order valence-corrected chi connectivity index (χ4v) is 8.70. The van der Waals surface area contributed by atoms with Crippen LogP contribution in [0.2, 0.25) is 0 Å². The molecule has 0 saturated carbocycles. The number of aromatic nitrogens is 1. The zero-order valence-electron chi connectivity index (χ0n) is 35.3. The number of amides is 3. The van der Waals surface area contributed by atoms with Crippen LogP contribution in [0.25, 0.3) is 10.4 Å². The molecule has 0 bridgehead atoms. The topological polar surface area (TPSA) is 147 Å². The van der Waals surface area contributed by atoms with Crippen LogP contribution in [0.15, 0.2) is 72.2 Å². The minimum absolute atomic E-state index is 0.0241. The summed E-state index contributed by atoms with van der Waals surface area (Å²) in [5.41, 5.74) is 3.42. The van der Waals surface area contributed by atoms with Gasteiger partial charge in [-0.25, -0.2) is 4.98 Å². The molecule has 6 rings (SSSR count). The average molecular weight is 875 g/mol. The number of benzene rings is 3. The lowest BCUT2D eigenvalue weighted by Crippen LogP contribution is -2.56. The standard InChI is InChI=1S/C25H33N3O4S.C20H16F3N3OS/c1-15-22(33-14-26-15)18-9-6-17(7-10-18)8-11-21(31)20-12-19(30)13-28(20)24(32)23(25(3,4)5)27-16(2)29;1-12-4-7-14(8-5-12)26-18(28)25(17(27)19(26,2)3)15-9-6-13(11-24)16(10-15)20(21,22)23/h6-7,9-10,14,19-20,23,30H,8,11-13H2,1-5H3,(H,27,29);4-10H,1-3H3/t19-,20+,23-;/m1./s1. The van der Waals surface area contributed by atoms with E-state index < -0.39 is 52.4 Å². The molecule has 4 aromatic rings. The number of aliphatic hydroxyl groups excluding tert-OH is 1. The van der Waals surface area contributed by atoms with Crippen molar-refractivity contribution in [3.63, 3.8) is 0 Å². The number of Topliss-reactive ketones (excluding diaryl/α,β-unsaturated/α-hetero) is 1. The number of hydrogen-bond acceptors (Lipinski definition) is 9. The second kappa shape index (κ2) is 18.2. The minimum Gasteiger partial charge on any atom is -0.391 e. The van der Waals surface area contributed by atoms with Gasteiger partial charge in [-0.05, 0) is 93.2 Å². The van der Waals surface area contributed by atoms with Crippen molar-refractivity contribution in [2.45, 2.75) is 105 Å². The number of thiocarbonyl (C=S) groups is 1. The molecule has 16 heteroatoms. The molecule has 2 N–H and O–H groups in total. The quantitative estimate of drug-likeness (QED) is 0.160. The lowest BCUT2D eigenvalue weighted by Gasteiger charge is -2.35. The van der Waals surface area contributed by atoms with E-state index in [-0.39, 0.29) is 47.8 Å². The summed E-state index contributed by atoms with van der Waals surface area (Å²) in [6.45, 7) is 14.3. The van der Waals surface area contributed by atoms with Crippen molar-refractivity contribution >= 4 is 63.5 Å². The molecule has 2 fully saturated rings. The largest absolute Gasteiger partial charge is 0.417 e. The highest BCUT2D eigenvalue weighted by molar-refractivity contribution is 7.81. The Balaban J connectivity index is 0.000000234. The van der Waals surface area contributed by atoms with E-state index in [0.29, 0.717) is 12.1 Å². The summed E-state index contributed by atoms with van der Waals surface area (Å²) in [5, 5.41) is 22.0. The van der Waals surface area contributed by atoms with Crippen LogP contribution in [0, 0.1) is 30.6 Å². The Morgan fingerprint density at radius 3 is 2.20 bits per heavy atom. The normalized spacial score (nSPS) is 18.0. The first kappa shape index (κ1) is 46.6. The number of β-amino-alcohol motifs (C(OH)–C–C–N with tert-alkyl or cyclic N) is 1. The van der Waals surface area contributed by atoms with E-state index in [1.807, 2.05) is 76.5 Å². The number of carbonyl (C=O) groups excluding carboxylic acids is 4. The summed E-state index contributed by atoms with van der Waals surface area (Å²) in [4.78, 5) is 60.7. The molecule has 1 aromatic heterocycles. The third-order valence-corrected chi connectivity index (χ3v) is 12.0. The number of nitrogens with zero attached hydrogens (tertiary/aromatic N) is 5. The molecule has 3 heterocycles. The van der Waals surface area contributed by atoms with Gasteiger partial charge in [-0.3, -0.25) is 24.1 Å². The summed E-state index contributed by atoms with van der Waals surface area (Å²) in [6, 6.07) is 18.7. The lowest BCUT2D eigenvalue weighted by molar-refractivity contribution is -0.143. The van der Waals surface area contributed by atoms with Gasteiger partial charge in [-0.1, -0.05) is 62.7 Å². The van der Waals surface area contributed by atoms with Crippen LogP contribution >= 0.6 is 23.6 Å². The molecule has 0 unspecified atom stereocenters. The van der Waals surface area contributed by atoms with Gasteiger partial charge in [0, 0.05) is 32.0 Å². The number of halogens is 3. The first-order valence-corrected chi connectivity index (χ1v) is 20.9. The van der Waals surface area contributed by atoms with Crippen LogP contribution in [-0.2, 0) is 31.8 Å². The van der Waals surface area contributed by atoms with Crippen LogP contribution in [0.1, 0.15) is 82.3 Å². The molecule has 3 atom stereocenters. The molecule has 3 amide bonds. The number of aryl methyl sites for hydroxylation is 3. The highest BCUT2D eigenvalue weighted by Crippen LogP contribution is 2.40. The van der Waals surface area contributed by atoms with Crippen LogP contribution in [0.5, 0.6) is 0 Å². The van der Waals surface area contributed by atoms with E-state index >= 15 is 0 Å². The number of likely N-dealkylation sites (tertiary alicyclic amines) is 1. The van der Waals surface area contributed by atoms with Crippen molar-refractivity contribution in [1.29, 1.82) is 5.26 Å². The van der Waals surface area contributed by atoms with E-state index in [1.165, 1.54) is 24.0 Å². The van der Waals surface area contributed by atoms with Crippen molar-refractivity contribution in [3.8, 4) is 16.5 Å². The SMILES string of the molecule is CC(=O)N[C@H](C(=O)N1C[C@H](O)C[C@H]1C(=O)CCc1ccc(-c2scnc2C)cc1)C(C)(C)C.Cc1ccc(N2C(=S)N(c3ccc(C#N)c(C(F)(F)F)c3)C(=O)C2(C)C)cc1. The summed E-state index contributed by atoms with van der Waals surface area (Å²) in [6.07, 6.45) is -4.41. The maximum atomic E-state index is 13.3. The van der Waals surface area contributed by atoms with Crippen molar-refractivity contribution in [1.82, 2.24) is 15.2 Å². The highest BCUT2D eigenvalue weighted by Gasteiger charge is 2.51. The van der Waals surface area contributed by atoms with Gasteiger partial charge in [0.25, 0.3) is 5.91 Å². The first-order chi connectivity index (χ1) is 28.4. The van der Waals surface area contributed by atoms with Crippen LogP contribution < -0.4 is 15.1 Å². The Bertz CT molecular complexity index is 2350. The fourth-order valence-electron chi connectivity index (χ4n) is 7.37. The average Bonchev–Trinajstić information content (AvgIpc) is 3.85. The molecule has 0 aliphatic carbocycles. The van der Waals surface area contributed by atoms with Crippen LogP contribution in [-0.4, -0.2) is 73.9 Å². The molecule has 11 nitrogen and oxygen atoms in total. The van der Waals surface area contributed by atoms with Crippen molar-refractivity contribution in [2.75, 3.05) is 16.3 Å². The number of thiazole rings is 1. The van der Waals surface area contributed by atoms with Gasteiger partial charge < -0.3 is 20.2 Å².